The van der Waals surface area contributed by atoms with Gasteiger partial charge in [-0.1, -0.05) is 12.1 Å². The maximum absolute atomic E-state index is 14.3. The van der Waals surface area contributed by atoms with Crippen LogP contribution in [0.3, 0.4) is 0 Å². The van der Waals surface area contributed by atoms with E-state index in [0.717, 1.165) is 25.0 Å². The molecule has 3 aromatic rings. The van der Waals surface area contributed by atoms with E-state index in [1.54, 1.807) is 43.1 Å². The molecule has 0 aliphatic heterocycles. The zero-order chi connectivity index (χ0) is 28.3. The zero-order valence-corrected chi connectivity index (χ0v) is 24.0. The number of hydrogen-bond donors (Lipinski definition) is 2. The van der Waals surface area contributed by atoms with E-state index in [4.69, 9.17) is 9.47 Å². The number of aryl methyl sites for hydroxylation is 2. The smallest absolute Gasteiger partial charge is 0.407 e. The number of carbonyl (C=O) groups is 2. The van der Waals surface area contributed by atoms with Crippen LogP contribution in [0.5, 0.6) is 0 Å². The highest BCUT2D eigenvalue weighted by atomic mass is 32.1. The number of alkyl carbamates (subject to hydrolysis) is 1. The minimum absolute atomic E-state index is 0.0846. The first-order valence-corrected chi connectivity index (χ1v) is 13.9. The number of anilines is 1. The molecular weight excluding hydrogens is 521 g/mol. The number of rotatable bonds is 6. The molecule has 11 heteroatoms. The quantitative estimate of drug-likeness (QED) is 0.371. The second-order valence-electron chi connectivity index (χ2n) is 10.8. The second kappa shape index (κ2) is 11.8. The molecule has 1 aliphatic carbocycles. The highest BCUT2D eigenvalue weighted by molar-refractivity contribution is 7.15. The Hall–Kier alpha value is -3.31. The molecule has 1 aromatic carbocycles. The fourth-order valence-electron chi connectivity index (χ4n) is 5.02. The highest BCUT2D eigenvalue weighted by Crippen LogP contribution is 2.37. The van der Waals surface area contributed by atoms with Crippen LogP contribution in [-0.2, 0) is 16.5 Å². The van der Waals surface area contributed by atoms with Gasteiger partial charge in [0, 0.05) is 30.5 Å². The molecule has 3 atom stereocenters. The number of methoxy groups -OCH3 is 1. The summed E-state index contributed by atoms with van der Waals surface area (Å²) in [5.41, 5.74) is 1.55. The highest BCUT2D eigenvalue weighted by Gasteiger charge is 2.33. The average molecular weight is 558 g/mol. The summed E-state index contributed by atoms with van der Waals surface area (Å²) in [6.07, 6.45) is 3.96. The number of nitrogens with one attached hydrogen (secondary N) is 2. The van der Waals surface area contributed by atoms with Crippen molar-refractivity contribution in [3.05, 3.63) is 52.5 Å². The first-order chi connectivity index (χ1) is 18.5. The van der Waals surface area contributed by atoms with Gasteiger partial charge in [0.05, 0.1) is 29.7 Å². The van der Waals surface area contributed by atoms with E-state index < -0.39 is 11.7 Å². The largest absolute Gasteiger partial charge is 0.444 e. The van der Waals surface area contributed by atoms with Crippen LogP contribution in [-0.4, -0.2) is 51.6 Å². The third-order valence-corrected chi connectivity index (χ3v) is 7.82. The van der Waals surface area contributed by atoms with Gasteiger partial charge in [0.25, 0.3) is 5.91 Å². The molecule has 0 bridgehead atoms. The predicted molar refractivity (Wildman–Crippen MR) is 149 cm³/mol. The van der Waals surface area contributed by atoms with Crippen molar-refractivity contribution in [3.8, 4) is 10.6 Å². The standard InChI is InChI=1S/C28H36FN5O4S/c1-16-23(33-26(39-16)18-9-7-8-10-19(18)29)25(35)31-21-15-30-34(5)24(21)17-11-13-20(22(37-6)14-12-17)32-27(36)38-28(2,3)4/h7-10,15,17,20,22H,11-14H2,1-6H3,(H,31,35)(H,32,36)/t17?,20-,22+/m1/s1. The molecule has 0 saturated heterocycles. The number of nitrogens with zero attached hydrogens (tertiary/aromatic N) is 3. The van der Waals surface area contributed by atoms with Gasteiger partial charge >= 0.3 is 6.09 Å². The van der Waals surface area contributed by atoms with Gasteiger partial charge in [0.15, 0.2) is 0 Å². The molecule has 1 aliphatic rings. The molecule has 9 nitrogen and oxygen atoms in total. The summed E-state index contributed by atoms with van der Waals surface area (Å²) in [6, 6.07) is 6.19. The number of benzene rings is 1. The van der Waals surface area contributed by atoms with Crippen molar-refractivity contribution in [1.29, 1.82) is 0 Å². The van der Waals surface area contributed by atoms with Gasteiger partial charge in [0.2, 0.25) is 0 Å². The number of ether oxygens (including phenoxy) is 2. The number of hydrogen-bond acceptors (Lipinski definition) is 7. The lowest BCUT2D eigenvalue weighted by Gasteiger charge is -2.27. The SMILES string of the molecule is CO[C@H]1CCC(c2c(NC(=O)c3nc(-c4ccccc4F)sc3C)cnn2C)CC[C@H]1NC(=O)OC(C)(C)C. The van der Waals surface area contributed by atoms with Crippen LogP contribution < -0.4 is 10.6 Å². The third-order valence-electron chi connectivity index (χ3n) is 6.81. The molecule has 210 valence electrons. The van der Waals surface area contributed by atoms with Crippen molar-refractivity contribution in [3.63, 3.8) is 0 Å². The second-order valence-corrected chi connectivity index (χ2v) is 12.0. The molecule has 0 radical (unpaired) electrons. The van der Waals surface area contributed by atoms with Crippen molar-refractivity contribution in [2.24, 2.45) is 7.05 Å². The van der Waals surface area contributed by atoms with E-state index in [1.165, 1.54) is 17.4 Å². The van der Waals surface area contributed by atoms with Crippen molar-refractivity contribution < 1.29 is 23.5 Å². The van der Waals surface area contributed by atoms with Crippen molar-refractivity contribution in [2.75, 3.05) is 12.4 Å². The Morgan fingerprint density at radius 3 is 2.56 bits per heavy atom. The number of carbonyl (C=O) groups excluding carboxylic acids is 2. The van der Waals surface area contributed by atoms with Gasteiger partial charge in [-0.3, -0.25) is 9.48 Å². The number of aromatic nitrogens is 3. The molecule has 2 aromatic heterocycles. The Balaban J connectivity index is 1.50. The maximum atomic E-state index is 14.3. The van der Waals surface area contributed by atoms with Crippen LogP contribution in [0, 0.1) is 12.7 Å². The van der Waals surface area contributed by atoms with E-state index in [2.05, 4.69) is 20.7 Å². The Morgan fingerprint density at radius 1 is 1.15 bits per heavy atom. The average Bonchev–Trinajstić information content (AvgIpc) is 3.35. The van der Waals surface area contributed by atoms with Crippen molar-refractivity contribution >= 4 is 29.0 Å². The molecule has 0 spiro atoms. The number of amides is 2. The normalized spacial score (nSPS) is 19.8. The molecule has 39 heavy (non-hydrogen) atoms. The van der Waals surface area contributed by atoms with E-state index in [9.17, 15) is 14.0 Å². The van der Waals surface area contributed by atoms with E-state index in [-0.39, 0.29) is 35.5 Å². The molecule has 1 saturated carbocycles. The lowest BCUT2D eigenvalue weighted by molar-refractivity contribution is 0.0317. The molecule has 2 heterocycles. The first-order valence-electron chi connectivity index (χ1n) is 13.0. The summed E-state index contributed by atoms with van der Waals surface area (Å²) in [7, 11) is 3.50. The molecular formula is C28H36FN5O4S. The molecule has 2 N–H and O–H groups in total. The van der Waals surface area contributed by atoms with Crippen molar-refractivity contribution in [2.45, 2.75) is 77.0 Å². The first kappa shape index (κ1) is 28.7. The molecule has 4 rings (SSSR count). The molecule has 1 unspecified atom stereocenters. The summed E-state index contributed by atoms with van der Waals surface area (Å²) < 4.78 is 27.3. The summed E-state index contributed by atoms with van der Waals surface area (Å²) in [4.78, 5) is 30.9. The van der Waals surface area contributed by atoms with E-state index in [1.807, 2.05) is 27.8 Å². The topological polar surface area (TPSA) is 107 Å². The van der Waals surface area contributed by atoms with Crippen LogP contribution in [0.25, 0.3) is 10.6 Å². The fraction of sp³-hybridized carbons (Fsp3) is 0.500. The summed E-state index contributed by atoms with van der Waals surface area (Å²) in [5.74, 6) is -0.662. The van der Waals surface area contributed by atoms with Gasteiger partial charge in [-0.05, 0) is 65.5 Å². The van der Waals surface area contributed by atoms with Gasteiger partial charge < -0.3 is 20.1 Å². The van der Waals surface area contributed by atoms with Crippen LogP contribution in [0.2, 0.25) is 0 Å². The summed E-state index contributed by atoms with van der Waals surface area (Å²) in [6.45, 7) is 7.29. The lowest BCUT2D eigenvalue weighted by atomic mass is 9.95. The van der Waals surface area contributed by atoms with Gasteiger partial charge in [-0.25, -0.2) is 14.2 Å². The van der Waals surface area contributed by atoms with Crippen molar-refractivity contribution in [1.82, 2.24) is 20.1 Å². The Labute approximate surface area is 232 Å². The molecule has 1 fully saturated rings. The fourth-order valence-corrected chi connectivity index (χ4v) is 5.96. The zero-order valence-electron chi connectivity index (χ0n) is 23.2. The number of halogens is 1. The maximum Gasteiger partial charge on any atom is 0.407 e. The van der Waals surface area contributed by atoms with Crippen LogP contribution in [0.4, 0.5) is 14.9 Å². The summed E-state index contributed by atoms with van der Waals surface area (Å²) >= 11 is 1.28. The van der Waals surface area contributed by atoms with Crippen LogP contribution >= 0.6 is 11.3 Å². The van der Waals surface area contributed by atoms with Gasteiger partial charge in [-0.15, -0.1) is 11.3 Å². The lowest BCUT2D eigenvalue weighted by Crippen LogP contribution is -2.45. The minimum Gasteiger partial charge on any atom is -0.444 e. The van der Waals surface area contributed by atoms with Crippen LogP contribution in [0.15, 0.2) is 30.5 Å². The van der Waals surface area contributed by atoms with E-state index in [0.29, 0.717) is 27.6 Å². The third kappa shape index (κ3) is 6.83. The van der Waals surface area contributed by atoms with Gasteiger partial charge in [0.1, 0.15) is 22.1 Å². The monoisotopic (exact) mass is 557 g/mol. The van der Waals surface area contributed by atoms with Gasteiger partial charge in [-0.2, -0.15) is 5.10 Å². The molecule has 2 amide bonds. The predicted octanol–water partition coefficient (Wildman–Crippen LogP) is 5.81. The summed E-state index contributed by atoms with van der Waals surface area (Å²) in [5, 5.41) is 10.8. The number of thiazole rings is 1. The Morgan fingerprint density at radius 2 is 1.87 bits per heavy atom. The Bertz CT molecular complexity index is 1330. The van der Waals surface area contributed by atoms with Crippen LogP contribution in [0.1, 0.15) is 73.4 Å². The van der Waals surface area contributed by atoms with E-state index >= 15 is 0 Å². The minimum atomic E-state index is -0.590. The Kier molecular flexibility index (Phi) is 8.70.